The molecule has 0 amide bonds. The summed E-state index contributed by atoms with van der Waals surface area (Å²) in [6.07, 6.45) is 6.07. The van der Waals surface area contributed by atoms with E-state index in [1.54, 1.807) is 122 Å². The highest BCUT2D eigenvalue weighted by atomic mass is 14.9. The Morgan fingerprint density at radius 1 is 0.329 bits per heavy atom. The van der Waals surface area contributed by atoms with E-state index in [1.807, 2.05) is 54.7 Å². The van der Waals surface area contributed by atoms with E-state index in [0.717, 1.165) is 86.6 Å². The molecule has 4 heteroatoms. The molecule has 0 spiro atoms. The van der Waals surface area contributed by atoms with Crippen molar-refractivity contribution in [2.75, 3.05) is 0 Å². The second-order valence-corrected chi connectivity index (χ2v) is 20.8. The van der Waals surface area contributed by atoms with Gasteiger partial charge in [0.05, 0.1) is 0 Å². The van der Waals surface area contributed by atoms with E-state index in [4.69, 9.17) is 46.6 Å². The van der Waals surface area contributed by atoms with Gasteiger partial charge in [0.1, 0.15) is 28.2 Å². The minimum absolute atomic E-state index is 0.234. The molecule has 0 aliphatic carbocycles. The quantitative estimate of drug-likeness (QED) is 0.135. The van der Waals surface area contributed by atoms with Crippen LogP contribution in [0.3, 0.4) is 0 Å². The number of aromatic nitrogens is 4. The summed E-state index contributed by atoms with van der Waals surface area (Å²) in [5.74, 6) is -8.05. The zero-order valence-corrected chi connectivity index (χ0v) is 49.1. The number of rotatable bonds is 8. The first-order chi connectivity index (χ1) is 50.3. The first-order valence-electron chi connectivity index (χ1n) is 42.9. The van der Waals surface area contributed by atoms with Crippen LogP contribution in [-0.4, -0.2) is 0 Å². The summed E-state index contributed by atoms with van der Waals surface area (Å²) in [7, 11) is 6.89. The normalized spacial score (nSPS) is 22.1. The van der Waals surface area contributed by atoms with Crippen LogP contribution in [-0.2, 0) is 28.2 Å². The van der Waals surface area contributed by atoms with Gasteiger partial charge in [-0.05, 0) is 218 Å². The average molecular weight is 1090 g/mol. The maximum Gasteiger partial charge on any atom is 0.215 e. The Kier molecular flexibility index (Phi) is 10.2. The molecule has 4 nitrogen and oxygen atoms in total. The van der Waals surface area contributed by atoms with E-state index in [-0.39, 0.29) is 39.1 Å². The molecule has 8 rings (SSSR count). The van der Waals surface area contributed by atoms with Gasteiger partial charge >= 0.3 is 0 Å². The third-order valence-corrected chi connectivity index (χ3v) is 14.5. The molecule has 4 aromatic carbocycles. The number of nitrogens with zero attached hydrogens (tertiary/aromatic N) is 4. The molecule has 0 radical (unpaired) electrons. The molecule has 4 atom stereocenters. The Morgan fingerprint density at radius 3 is 1.28 bits per heavy atom. The minimum Gasteiger partial charge on any atom is -0.201 e. The Hall–Kier alpha value is -6.52. The summed E-state index contributed by atoms with van der Waals surface area (Å²) < 4.78 is 272. The molecular formula is C75H102N4+4. The van der Waals surface area contributed by atoms with Gasteiger partial charge in [-0.3, -0.25) is 0 Å². The predicted octanol–water partition coefficient (Wildman–Crippen LogP) is 17.8. The molecular weight excluding hydrogens is 957 g/mol. The van der Waals surface area contributed by atoms with Crippen LogP contribution < -0.4 is 18.3 Å². The van der Waals surface area contributed by atoms with Crippen LogP contribution in [0.2, 0.25) is 0 Å². The number of hydrogen-bond acceptors (Lipinski definition) is 0. The lowest BCUT2D eigenvalue weighted by Crippen LogP contribution is -2.33. The second kappa shape index (κ2) is 26.6. The molecule has 79 heavy (non-hydrogen) atoms. The zero-order chi connectivity index (χ0) is 87.9. The molecule has 418 valence electrons. The van der Waals surface area contributed by atoms with Crippen LogP contribution in [0.1, 0.15) is 231 Å². The molecule has 8 aromatic rings. The van der Waals surface area contributed by atoms with Gasteiger partial charge in [0.15, 0.2) is 24.8 Å². The van der Waals surface area contributed by atoms with E-state index >= 15 is 0 Å². The number of hydrogen-bond donors (Lipinski definition) is 0. The van der Waals surface area contributed by atoms with Crippen LogP contribution in [0.25, 0.3) is 45.0 Å². The topological polar surface area (TPSA) is 15.5 Å². The summed E-state index contributed by atoms with van der Waals surface area (Å²) in [4.78, 5) is 0. The molecule has 0 aliphatic rings. The molecule has 0 saturated carbocycles. The molecule has 0 N–H and O–H groups in total. The monoisotopic (exact) mass is 1090 g/mol. The number of pyridine rings is 4. The van der Waals surface area contributed by atoms with Gasteiger partial charge in [0.2, 0.25) is 22.8 Å². The highest BCUT2D eigenvalue weighted by Gasteiger charge is 2.23. The number of benzene rings is 4. The molecule has 4 aromatic heterocycles. The zero-order valence-electron chi connectivity index (χ0n) is 83.1. The van der Waals surface area contributed by atoms with Crippen molar-refractivity contribution in [3.8, 4) is 45.0 Å². The van der Waals surface area contributed by atoms with Crippen molar-refractivity contribution in [3.63, 3.8) is 0 Å². The molecule has 0 aliphatic heterocycles. The minimum atomic E-state index is -2.88. The third kappa shape index (κ3) is 14.8. The fraction of sp³-hybridized carbons (Fsp3) is 0.413. The van der Waals surface area contributed by atoms with Crippen LogP contribution in [0, 0.1) is 103 Å². The summed E-state index contributed by atoms with van der Waals surface area (Å²) in [5.41, 5.74) is 13.4. The van der Waals surface area contributed by atoms with Crippen molar-refractivity contribution in [2.45, 2.75) is 182 Å². The van der Waals surface area contributed by atoms with Gasteiger partial charge in [-0.1, -0.05) is 103 Å². The van der Waals surface area contributed by atoms with Gasteiger partial charge in [-0.25, -0.2) is 18.3 Å². The summed E-state index contributed by atoms with van der Waals surface area (Å²) in [6, 6.07) is 21.1. The Bertz CT molecular complexity index is 4760. The average Bonchev–Trinajstić information content (AvgIpc) is 0.745. The first kappa shape index (κ1) is 30.3. The van der Waals surface area contributed by atoms with Crippen molar-refractivity contribution in [2.24, 2.45) is 28.2 Å². The fourth-order valence-corrected chi connectivity index (χ4v) is 9.54. The van der Waals surface area contributed by atoms with Crippen molar-refractivity contribution < 1.29 is 64.9 Å². The smallest absolute Gasteiger partial charge is 0.201 e. The lowest BCUT2D eigenvalue weighted by Gasteiger charge is -2.16. The van der Waals surface area contributed by atoms with Gasteiger partial charge < -0.3 is 0 Å². The summed E-state index contributed by atoms with van der Waals surface area (Å²) in [6.45, 7) is -3.40. The Labute approximate surface area is 529 Å². The first-order valence-corrected chi connectivity index (χ1v) is 25.9. The summed E-state index contributed by atoms with van der Waals surface area (Å²) in [5, 5.41) is 0. The van der Waals surface area contributed by atoms with E-state index in [1.165, 1.54) is 49.9 Å². The van der Waals surface area contributed by atoms with E-state index in [0.29, 0.717) is 38.9 Å². The lowest BCUT2D eigenvalue weighted by molar-refractivity contribution is -0.661. The maximum atomic E-state index is 8.56. The predicted molar refractivity (Wildman–Crippen MR) is 340 cm³/mol. The van der Waals surface area contributed by atoms with E-state index < -0.39 is 92.1 Å². The molecule has 0 fully saturated rings. The van der Waals surface area contributed by atoms with Crippen LogP contribution in [0.15, 0.2) is 104 Å². The fourth-order valence-electron chi connectivity index (χ4n) is 9.54. The van der Waals surface area contributed by atoms with Gasteiger partial charge in [-0.2, -0.15) is 0 Å². The Balaban J connectivity index is 0.000000272. The third-order valence-electron chi connectivity index (χ3n) is 14.5. The Morgan fingerprint density at radius 2 is 0.772 bits per heavy atom. The van der Waals surface area contributed by atoms with Gasteiger partial charge in [-0.15, -0.1) is 0 Å². The van der Waals surface area contributed by atoms with Crippen molar-refractivity contribution in [3.05, 3.63) is 209 Å². The lowest BCUT2D eigenvalue weighted by atomic mass is 9.90. The van der Waals surface area contributed by atoms with Crippen molar-refractivity contribution in [1.29, 1.82) is 0 Å². The molecule has 4 unspecified atom stereocenters. The highest BCUT2D eigenvalue weighted by molar-refractivity contribution is 5.68. The van der Waals surface area contributed by atoms with Gasteiger partial charge in [0, 0.05) is 114 Å². The molecule has 0 bridgehead atoms. The van der Waals surface area contributed by atoms with Crippen molar-refractivity contribution in [1.82, 2.24) is 0 Å². The maximum absolute atomic E-state index is 8.56. The second-order valence-electron chi connectivity index (χ2n) is 20.8. The molecule has 0 saturated heterocycles. The largest absolute Gasteiger partial charge is 0.215 e. The summed E-state index contributed by atoms with van der Waals surface area (Å²) >= 11 is 0. The molecule has 4 heterocycles. The van der Waals surface area contributed by atoms with E-state index in [2.05, 4.69) is 0 Å². The van der Waals surface area contributed by atoms with Crippen LogP contribution >= 0.6 is 0 Å². The van der Waals surface area contributed by atoms with E-state index in [9.17, 15) is 0 Å². The SMILES string of the molecule is [2H]C([2H])([2H])c1c[n+](C)c(-c2cc(C([2H])(C)C([2H])([2H])[2H])ccc2C)cc1C.[2H]C([2H])([2H])c1c[n+](C)c(-c2ccc(C([2H])(C)C([2H])([2H])[2H])cc2C)c(C)c1C.[2H]C([2H])([2H])c1cc(C)c(-c2cc(C([2H])(C)C([2H])([2H])[2H])c(C([2H])([2H])[2H])c[n+]2C)cc1C([2H])(C)C([2H])([2H])[2H].[2H]C([2H])([2H])c1ccc(-c2c(C)c(C)c(C([2H])([2H])[2H])c[n+]2C)c(C)c1. The van der Waals surface area contributed by atoms with Crippen LogP contribution in [0.5, 0.6) is 0 Å². The van der Waals surface area contributed by atoms with Gasteiger partial charge in [0.25, 0.3) is 0 Å². The van der Waals surface area contributed by atoms with Crippen molar-refractivity contribution >= 4 is 0 Å². The standard InChI is InChI=1S/C21H30N.C19H26N.C18H24N.C17H22N/c1-13(2)18-10-20(16(6)9-15(18)5)21-11-19(14(3)4)17(7)12-22(21)8;1-12(2)17-8-9-18(13(3)10-17)19-16(6)15(5)14(4)11-20(19)7;1-12(2)16-8-7-13(3)17(10-16)18-9-14(4)15(5)11-19(18)6;1-11-7-8-16(12(2)9-11)17-15(5)14(4)13(3)10-18(17)6/h9-14H,1-8H3;8-12H,1-7H3;7-12H,1-6H3;7-10H,1-6H3/q4*+1/i1D3,3D3,5D3,7D3,13D,14D;1D3,4D3,12D;1D3,5D3,12D;1D3,3D3. The number of aryl methyl sites for hydroxylation is 15. The van der Waals surface area contributed by atoms with Crippen LogP contribution in [0.4, 0.5) is 0 Å². The highest BCUT2D eigenvalue weighted by Crippen LogP contribution is 2.33.